The smallest absolute Gasteiger partial charge is 0.192 e. The minimum Gasteiger partial charge on any atom is -0.441 e. The third kappa shape index (κ3) is 10.4. The molecule has 1 unspecified atom stereocenters. The first kappa shape index (κ1) is 32.5. The Bertz CT molecular complexity index is 1060. The molecule has 5 heteroatoms. The van der Waals surface area contributed by atoms with Crippen LogP contribution in [0.4, 0.5) is 0 Å². The molecule has 0 aliphatic rings. The van der Waals surface area contributed by atoms with Gasteiger partial charge in [0.1, 0.15) is 11.3 Å². The molecular formula is C33H55NO3Si. The highest BCUT2D eigenvalue weighted by molar-refractivity contribution is 6.74. The highest BCUT2D eigenvalue weighted by atomic mass is 28.4. The molecule has 0 bridgehead atoms. The molecular weight excluding hydrogens is 486 g/mol. The van der Waals surface area contributed by atoms with Gasteiger partial charge in [0.15, 0.2) is 19.8 Å². The number of nitrogens with zero attached hydrogens (tertiary/aromatic N) is 1. The average Bonchev–Trinajstić information content (AvgIpc) is 3.18. The van der Waals surface area contributed by atoms with Crippen LogP contribution in [0.2, 0.25) is 18.1 Å². The average molecular weight is 542 g/mol. The molecule has 0 spiro atoms. The van der Waals surface area contributed by atoms with Gasteiger partial charge in [0.25, 0.3) is 0 Å². The highest BCUT2D eigenvalue weighted by Gasteiger charge is 2.37. The first-order valence-corrected chi connectivity index (χ1v) is 17.7. The van der Waals surface area contributed by atoms with Crippen LogP contribution in [0.1, 0.15) is 111 Å². The summed E-state index contributed by atoms with van der Waals surface area (Å²) in [5.41, 5.74) is 4.33. The second kappa shape index (κ2) is 14.1. The van der Waals surface area contributed by atoms with Crippen molar-refractivity contribution in [1.82, 2.24) is 4.98 Å². The number of aryl methyl sites for hydroxylation is 2. The number of benzene rings is 1. The Morgan fingerprint density at radius 1 is 1.11 bits per heavy atom. The number of aromatic nitrogens is 1. The van der Waals surface area contributed by atoms with E-state index in [1.54, 1.807) is 0 Å². The zero-order valence-electron chi connectivity index (χ0n) is 26.1. The lowest BCUT2D eigenvalue weighted by molar-refractivity contribution is -0.127. The third-order valence-electron chi connectivity index (χ3n) is 8.59. The second-order valence-corrected chi connectivity index (χ2v) is 18.5. The number of allylic oxidation sites excluding steroid dienone is 2. The molecule has 2 rings (SSSR count). The Morgan fingerprint density at radius 2 is 1.82 bits per heavy atom. The van der Waals surface area contributed by atoms with E-state index in [0.29, 0.717) is 18.1 Å². The van der Waals surface area contributed by atoms with Crippen molar-refractivity contribution in [1.29, 1.82) is 0 Å². The fourth-order valence-corrected chi connectivity index (χ4v) is 5.71. The summed E-state index contributed by atoms with van der Waals surface area (Å²) in [5.74, 6) is 1.71. The van der Waals surface area contributed by atoms with Gasteiger partial charge < -0.3 is 8.84 Å². The minimum absolute atomic E-state index is 0.233. The summed E-state index contributed by atoms with van der Waals surface area (Å²) >= 11 is 0. The monoisotopic (exact) mass is 541 g/mol. The number of carbonyl (C=O) groups excluding carboxylic acids is 1. The fourth-order valence-electron chi connectivity index (χ4n) is 4.62. The predicted molar refractivity (Wildman–Crippen MR) is 164 cm³/mol. The largest absolute Gasteiger partial charge is 0.441 e. The first-order valence-electron chi connectivity index (χ1n) is 14.8. The maximum atomic E-state index is 13.0. The summed E-state index contributed by atoms with van der Waals surface area (Å²) in [6, 6.07) is 6.31. The van der Waals surface area contributed by atoms with E-state index in [-0.39, 0.29) is 10.5 Å². The van der Waals surface area contributed by atoms with E-state index in [9.17, 15) is 4.79 Å². The maximum Gasteiger partial charge on any atom is 0.192 e. The molecule has 1 heterocycles. The Balaban J connectivity index is 1.63. The number of Topliss-reactive ketones (excluding diaryl/α,β-unsaturated/α-hetero) is 1. The molecule has 0 saturated carbocycles. The van der Waals surface area contributed by atoms with Crippen LogP contribution < -0.4 is 0 Å². The summed E-state index contributed by atoms with van der Waals surface area (Å²) in [5, 5.41) is 0.233. The summed E-state index contributed by atoms with van der Waals surface area (Å²) in [4.78, 5) is 17.4. The summed E-state index contributed by atoms with van der Waals surface area (Å²) in [7, 11) is -1.71. The normalized spacial score (nSPS) is 14.3. The van der Waals surface area contributed by atoms with Crippen molar-refractivity contribution in [2.24, 2.45) is 11.3 Å². The van der Waals surface area contributed by atoms with Crippen molar-refractivity contribution in [2.75, 3.05) is 6.61 Å². The van der Waals surface area contributed by atoms with Gasteiger partial charge >= 0.3 is 0 Å². The van der Waals surface area contributed by atoms with Crippen LogP contribution >= 0.6 is 0 Å². The van der Waals surface area contributed by atoms with E-state index in [2.05, 4.69) is 84.8 Å². The summed E-state index contributed by atoms with van der Waals surface area (Å²) < 4.78 is 11.9. The maximum absolute atomic E-state index is 13.0. The van der Waals surface area contributed by atoms with Gasteiger partial charge in [0, 0.05) is 25.4 Å². The molecule has 1 aromatic heterocycles. The van der Waals surface area contributed by atoms with Crippen LogP contribution in [0.5, 0.6) is 0 Å². The number of ketones is 1. The van der Waals surface area contributed by atoms with Gasteiger partial charge in [-0.2, -0.15) is 0 Å². The van der Waals surface area contributed by atoms with Crippen molar-refractivity contribution < 1.29 is 13.6 Å². The predicted octanol–water partition coefficient (Wildman–Crippen LogP) is 10.00. The van der Waals surface area contributed by atoms with Crippen molar-refractivity contribution in [3.05, 3.63) is 41.3 Å². The van der Waals surface area contributed by atoms with E-state index >= 15 is 0 Å². The summed E-state index contributed by atoms with van der Waals surface area (Å²) in [6.07, 6.45) is 11.5. The molecule has 0 aliphatic heterocycles. The van der Waals surface area contributed by atoms with Crippen LogP contribution in [0.25, 0.3) is 11.1 Å². The lowest BCUT2D eigenvalue weighted by atomic mass is 9.80. The standard InChI is InChI=1S/C33H55NO3Si/c1-25(16-12-17-28-19-20-30-29(24-28)34-27(3)37-30)14-11-15-26(2)18-21-31(35)33(7,8)22-13-23-36-38(9,10)32(4,5)6/h16,19-20,24,26H,11-15,17-18,21-23H2,1-10H3. The molecule has 2 aromatic rings. The molecule has 0 saturated heterocycles. The van der Waals surface area contributed by atoms with Crippen molar-refractivity contribution in [3.63, 3.8) is 0 Å². The Kier molecular flexibility index (Phi) is 12.0. The highest BCUT2D eigenvalue weighted by Crippen LogP contribution is 2.37. The van der Waals surface area contributed by atoms with E-state index < -0.39 is 8.32 Å². The molecule has 0 aliphatic carbocycles. The zero-order chi connectivity index (χ0) is 28.6. The second-order valence-electron chi connectivity index (χ2n) is 13.7. The van der Waals surface area contributed by atoms with E-state index in [1.165, 1.54) is 24.0 Å². The number of carbonyl (C=O) groups is 1. The van der Waals surface area contributed by atoms with Gasteiger partial charge in [0.05, 0.1) is 0 Å². The molecule has 0 N–H and O–H groups in total. The van der Waals surface area contributed by atoms with Gasteiger partial charge in [-0.25, -0.2) is 4.98 Å². The van der Waals surface area contributed by atoms with Crippen LogP contribution in [0, 0.1) is 18.3 Å². The number of fused-ring (bicyclic) bond motifs is 1. The van der Waals surface area contributed by atoms with Gasteiger partial charge in [-0.3, -0.25) is 4.79 Å². The van der Waals surface area contributed by atoms with E-state index in [1.807, 2.05) is 13.0 Å². The lowest BCUT2D eigenvalue weighted by Crippen LogP contribution is -2.41. The van der Waals surface area contributed by atoms with Crippen LogP contribution in [0.15, 0.2) is 34.3 Å². The molecule has 1 aromatic carbocycles. The Hall–Kier alpha value is -1.72. The third-order valence-corrected chi connectivity index (χ3v) is 13.1. The van der Waals surface area contributed by atoms with Crippen molar-refractivity contribution >= 4 is 25.2 Å². The number of oxazole rings is 1. The fraction of sp³-hybridized carbons (Fsp3) is 0.697. The van der Waals surface area contributed by atoms with Gasteiger partial charge in [0.2, 0.25) is 0 Å². The minimum atomic E-state index is -1.71. The topological polar surface area (TPSA) is 52.3 Å². The molecule has 0 amide bonds. The van der Waals surface area contributed by atoms with Crippen molar-refractivity contribution in [3.8, 4) is 0 Å². The SMILES string of the molecule is CC(=CCCc1ccc2oc(C)nc2c1)CCCC(C)CCC(=O)C(C)(C)CCCO[Si](C)(C)C(C)(C)C. The molecule has 0 radical (unpaired) electrons. The van der Waals surface area contributed by atoms with E-state index in [0.717, 1.165) is 62.1 Å². The van der Waals surface area contributed by atoms with Crippen LogP contribution in [0.3, 0.4) is 0 Å². The molecule has 38 heavy (non-hydrogen) atoms. The number of rotatable bonds is 16. The number of hydrogen-bond donors (Lipinski definition) is 0. The van der Waals surface area contributed by atoms with Crippen LogP contribution in [-0.4, -0.2) is 25.7 Å². The first-order chi connectivity index (χ1) is 17.6. The van der Waals surface area contributed by atoms with Crippen LogP contribution in [-0.2, 0) is 15.6 Å². The molecule has 214 valence electrons. The van der Waals surface area contributed by atoms with Crippen molar-refractivity contribution in [2.45, 2.75) is 131 Å². The zero-order valence-corrected chi connectivity index (χ0v) is 27.1. The van der Waals surface area contributed by atoms with E-state index in [4.69, 9.17) is 8.84 Å². The summed E-state index contributed by atoms with van der Waals surface area (Å²) in [6.45, 7) is 22.8. The quantitative estimate of drug-likeness (QED) is 0.120. The molecule has 4 nitrogen and oxygen atoms in total. The van der Waals surface area contributed by atoms with Gasteiger partial charge in [-0.15, -0.1) is 0 Å². The lowest BCUT2D eigenvalue weighted by Gasteiger charge is -2.36. The Labute approximate surface area is 234 Å². The molecule has 0 fully saturated rings. The van der Waals surface area contributed by atoms with Gasteiger partial charge in [-0.05, 0) is 93.6 Å². The molecule has 1 atom stereocenters. The Morgan fingerprint density at radius 3 is 2.50 bits per heavy atom. The van der Waals surface area contributed by atoms with Gasteiger partial charge in [-0.1, -0.05) is 65.7 Å². The number of hydrogen-bond acceptors (Lipinski definition) is 4.